The Kier molecular flexibility index (Phi) is 7.88. The third-order valence-corrected chi connectivity index (χ3v) is 3.60. The molecule has 7 heteroatoms. The Morgan fingerprint density at radius 1 is 1.11 bits per heavy atom. The van der Waals surface area contributed by atoms with Crippen LogP contribution in [0.25, 0.3) is 0 Å². The summed E-state index contributed by atoms with van der Waals surface area (Å²) in [5.74, 6) is 0.669. The molecule has 0 bridgehead atoms. The monoisotopic (exact) mass is 375 g/mol. The van der Waals surface area contributed by atoms with Crippen LogP contribution in [0.15, 0.2) is 40.8 Å². The lowest BCUT2D eigenvalue weighted by atomic mass is 10.2. The van der Waals surface area contributed by atoms with Gasteiger partial charge in [-0.25, -0.2) is 4.79 Å². The molecule has 0 aliphatic heterocycles. The zero-order valence-corrected chi connectivity index (χ0v) is 15.8. The first-order valence-electron chi connectivity index (χ1n) is 8.79. The van der Waals surface area contributed by atoms with Crippen molar-refractivity contribution in [2.75, 3.05) is 20.3 Å². The second-order valence-electron chi connectivity index (χ2n) is 6.10. The summed E-state index contributed by atoms with van der Waals surface area (Å²) in [7, 11) is 1.33. The maximum absolute atomic E-state index is 12.0. The molecule has 27 heavy (non-hydrogen) atoms. The Hall–Kier alpha value is -2.80. The van der Waals surface area contributed by atoms with Gasteiger partial charge in [-0.15, -0.1) is 0 Å². The van der Waals surface area contributed by atoms with Gasteiger partial charge < -0.3 is 23.9 Å². The molecule has 1 aromatic carbocycles. The number of carbonyl (C=O) groups excluding carboxylic acids is 2. The van der Waals surface area contributed by atoms with E-state index in [1.54, 1.807) is 36.4 Å². The SMILES string of the molecule is COC(=O)c1ccc(OCc2ccc(C(=O)NCCCOC(C)C)o2)cc1. The number of rotatable bonds is 10. The number of carbonyl (C=O) groups is 2. The Labute approximate surface area is 158 Å². The van der Waals surface area contributed by atoms with Gasteiger partial charge in [-0.3, -0.25) is 4.79 Å². The van der Waals surface area contributed by atoms with Crippen molar-refractivity contribution in [2.24, 2.45) is 0 Å². The number of hydrogen-bond donors (Lipinski definition) is 1. The van der Waals surface area contributed by atoms with Gasteiger partial charge in [-0.1, -0.05) is 0 Å². The van der Waals surface area contributed by atoms with Crippen LogP contribution < -0.4 is 10.1 Å². The summed E-state index contributed by atoms with van der Waals surface area (Å²) >= 11 is 0. The number of furan rings is 1. The second kappa shape index (κ2) is 10.4. The quantitative estimate of drug-likeness (QED) is 0.507. The molecule has 0 spiro atoms. The molecule has 0 unspecified atom stereocenters. The van der Waals surface area contributed by atoms with Crippen molar-refractivity contribution < 1.29 is 28.2 Å². The number of nitrogens with one attached hydrogen (secondary N) is 1. The van der Waals surface area contributed by atoms with E-state index in [-0.39, 0.29) is 24.4 Å². The Bertz CT molecular complexity index is 735. The largest absolute Gasteiger partial charge is 0.486 e. The van der Waals surface area contributed by atoms with Crippen LogP contribution in [0.4, 0.5) is 0 Å². The zero-order valence-electron chi connectivity index (χ0n) is 15.8. The van der Waals surface area contributed by atoms with Gasteiger partial charge in [-0.2, -0.15) is 0 Å². The van der Waals surface area contributed by atoms with Gasteiger partial charge in [0.05, 0.1) is 18.8 Å². The van der Waals surface area contributed by atoms with Crippen LogP contribution in [0.5, 0.6) is 5.75 Å². The van der Waals surface area contributed by atoms with Crippen LogP contribution in [0.1, 0.15) is 46.9 Å². The minimum Gasteiger partial charge on any atom is -0.486 e. The van der Waals surface area contributed by atoms with E-state index in [1.165, 1.54) is 7.11 Å². The third-order valence-electron chi connectivity index (χ3n) is 3.60. The minimum absolute atomic E-state index is 0.174. The van der Waals surface area contributed by atoms with E-state index in [0.29, 0.717) is 30.2 Å². The highest BCUT2D eigenvalue weighted by Crippen LogP contribution is 2.16. The highest BCUT2D eigenvalue weighted by molar-refractivity contribution is 5.91. The summed E-state index contributed by atoms with van der Waals surface area (Å²) in [5.41, 5.74) is 0.445. The predicted molar refractivity (Wildman–Crippen MR) is 98.9 cm³/mol. The van der Waals surface area contributed by atoms with Crippen LogP contribution in [0.2, 0.25) is 0 Å². The first kappa shape index (κ1) is 20.5. The normalized spacial score (nSPS) is 10.7. The Balaban J connectivity index is 1.76. The standard InChI is InChI=1S/C20H25NO6/c1-14(2)25-12-4-11-21-19(22)18-10-9-17(27-18)13-26-16-7-5-15(6-8-16)20(23)24-3/h5-10,14H,4,11-13H2,1-3H3,(H,21,22). The molecule has 0 saturated heterocycles. The van der Waals surface area contributed by atoms with Crippen molar-refractivity contribution in [3.8, 4) is 5.75 Å². The number of ether oxygens (including phenoxy) is 3. The molecule has 7 nitrogen and oxygen atoms in total. The lowest BCUT2D eigenvalue weighted by Gasteiger charge is -2.07. The smallest absolute Gasteiger partial charge is 0.337 e. The summed E-state index contributed by atoms with van der Waals surface area (Å²) in [6.45, 7) is 5.23. The molecule has 2 rings (SSSR count). The van der Waals surface area contributed by atoms with E-state index >= 15 is 0 Å². The Morgan fingerprint density at radius 2 is 1.85 bits per heavy atom. The number of esters is 1. The summed E-state index contributed by atoms with van der Waals surface area (Å²) in [4.78, 5) is 23.4. The van der Waals surface area contributed by atoms with Crippen molar-refractivity contribution in [1.82, 2.24) is 5.32 Å². The molecular formula is C20H25NO6. The molecule has 0 fully saturated rings. The van der Waals surface area contributed by atoms with Gasteiger partial charge in [-0.05, 0) is 56.7 Å². The summed E-state index contributed by atoms with van der Waals surface area (Å²) in [6, 6.07) is 9.87. The van der Waals surface area contributed by atoms with Gasteiger partial charge in [0.25, 0.3) is 5.91 Å². The van der Waals surface area contributed by atoms with Crippen molar-refractivity contribution in [1.29, 1.82) is 0 Å². The van der Waals surface area contributed by atoms with Crippen molar-refractivity contribution >= 4 is 11.9 Å². The average Bonchev–Trinajstić information content (AvgIpc) is 3.14. The lowest BCUT2D eigenvalue weighted by molar-refractivity contribution is 0.0600. The Morgan fingerprint density at radius 3 is 2.52 bits per heavy atom. The molecule has 0 aliphatic rings. The van der Waals surface area contributed by atoms with Gasteiger partial charge in [0.2, 0.25) is 0 Å². The van der Waals surface area contributed by atoms with E-state index in [0.717, 1.165) is 6.42 Å². The van der Waals surface area contributed by atoms with Crippen LogP contribution >= 0.6 is 0 Å². The summed E-state index contributed by atoms with van der Waals surface area (Å²) in [5, 5.41) is 2.78. The highest BCUT2D eigenvalue weighted by Gasteiger charge is 2.11. The van der Waals surface area contributed by atoms with Crippen LogP contribution in [-0.4, -0.2) is 38.2 Å². The first-order valence-corrected chi connectivity index (χ1v) is 8.79. The topological polar surface area (TPSA) is 87.0 Å². The fourth-order valence-electron chi connectivity index (χ4n) is 2.22. The number of methoxy groups -OCH3 is 1. The third kappa shape index (κ3) is 6.79. The lowest BCUT2D eigenvalue weighted by Crippen LogP contribution is -2.25. The first-order chi connectivity index (χ1) is 13.0. The van der Waals surface area contributed by atoms with E-state index < -0.39 is 5.97 Å². The van der Waals surface area contributed by atoms with Gasteiger partial charge in [0.15, 0.2) is 5.76 Å². The summed E-state index contributed by atoms with van der Waals surface area (Å²) in [6.07, 6.45) is 0.923. The summed E-state index contributed by atoms with van der Waals surface area (Å²) < 4.78 is 21.2. The molecule has 2 aromatic rings. The molecule has 146 valence electrons. The van der Waals surface area contributed by atoms with Gasteiger partial charge >= 0.3 is 5.97 Å². The fraction of sp³-hybridized carbons (Fsp3) is 0.400. The van der Waals surface area contributed by atoms with E-state index in [9.17, 15) is 9.59 Å². The molecular weight excluding hydrogens is 350 g/mol. The number of benzene rings is 1. The van der Waals surface area contributed by atoms with Gasteiger partial charge in [0, 0.05) is 13.2 Å². The second-order valence-corrected chi connectivity index (χ2v) is 6.10. The molecule has 1 N–H and O–H groups in total. The molecule has 0 atom stereocenters. The zero-order chi connectivity index (χ0) is 19.6. The maximum atomic E-state index is 12.0. The molecule has 1 heterocycles. The van der Waals surface area contributed by atoms with Crippen LogP contribution in [-0.2, 0) is 16.1 Å². The van der Waals surface area contributed by atoms with Crippen molar-refractivity contribution in [3.05, 3.63) is 53.5 Å². The van der Waals surface area contributed by atoms with Crippen LogP contribution in [0, 0.1) is 0 Å². The van der Waals surface area contributed by atoms with Crippen LogP contribution in [0.3, 0.4) is 0 Å². The van der Waals surface area contributed by atoms with Crippen molar-refractivity contribution in [2.45, 2.75) is 33.0 Å². The average molecular weight is 375 g/mol. The predicted octanol–water partition coefficient (Wildman–Crippen LogP) is 3.19. The van der Waals surface area contributed by atoms with E-state index in [4.69, 9.17) is 13.9 Å². The van der Waals surface area contributed by atoms with Gasteiger partial charge in [0.1, 0.15) is 18.1 Å². The maximum Gasteiger partial charge on any atom is 0.337 e. The highest BCUT2D eigenvalue weighted by atomic mass is 16.5. The molecule has 1 amide bonds. The molecule has 1 aromatic heterocycles. The number of amides is 1. The number of hydrogen-bond acceptors (Lipinski definition) is 6. The molecule has 0 saturated carbocycles. The molecule has 0 aliphatic carbocycles. The minimum atomic E-state index is -0.404. The van der Waals surface area contributed by atoms with E-state index in [1.807, 2.05) is 13.8 Å². The fourth-order valence-corrected chi connectivity index (χ4v) is 2.22. The van der Waals surface area contributed by atoms with E-state index in [2.05, 4.69) is 10.1 Å². The molecule has 0 radical (unpaired) electrons. The van der Waals surface area contributed by atoms with Crippen molar-refractivity contribution in [3.63, 3.8) is 0 Å².